The molecule has 1 heterocycles. The van der Waals surface area contributed by atoms with Crippen molar-refractivity contribution in [2.75, 3.05) is 11.9 Å². The summed E-state index contributed by atoms with van der Waals surface area (Å²) in [7, 11) is 0. The number of rotatable bonds is 7. The van der Waals surface area contributed by atoms with Crippen LogP contribution in [0, 0.1) is 5.41 Å². The Morgan fingerprint density at radius 2 is 2.14 bits per heavy atom. The van der Waals surface area contributed by atoms with Crippen molar-refractivity contribution in [2.24, 2.45) is 5.41 Å². The van der Waals surface area contributed by atoms with Crippen molar-refractivity contribution in [3.8, 4) is 0 Å². The van der Waals surface area contributed by atoms with Crippen LogP contribution in [0.1, 0.15) is 47.0 Å². The first kappa shape index (κ1) is 16.1. The summed E-state index contributed by atoms with van der Waals surface area (Å²) in [5.41, 5.74) is 1.27. The molecule has 1 fully saturated rings. The van der Waals surface area contributed by atoms with Gasteiger partial charge in [0.25, 0.3) is 5.56 Å². The Bertz CT molecular complexity index is 526. The molecule has 4 nitrogen and oxygen atoms in total. The molecule has 0 aliphatic heterocycles. The van der Waals surface area contributed by atoms with Crippen molar-refractivity contribution in [2.45, 2.75) is 65.6 Å². The van der Waals surface area contributed by atoms with E-state index in [0.717, 1.165) is 38.1 Å². The number of hydrogen-bond acceptors (Lipinski definition) is 3. The second kappa shape index (κ2) is 6.65. The monoisotopic (exact) mass is 292 g/mol. The average Bonchev–Trinajstić information content (AvgIpc) is 2.48. The molecule has 0 radical (unpaired) electrons. The van der Waals surface area contributed by atoms with Crippen LogP contribution >= 0.6 is 0 Å². The number of ether oxygens (including phenoxy) is 1. The summed E-state index contributed by atoms with van der Waals surface area (Å²) in [6, 6.07) is 3.95. The van der Waals surface area contributed by atoms with Crippen molar-refractivity contribution in [1.29, 1.82) is 0 Å². The van der Waals surface area contributed by atoms with E-state index in [1.807, 2.05) is 12.3 Å². The minimum absolute atomic E-state index is 0.0708. The quantitative estimate of drug-likeness (QED) is 0.839. The van der Waals surface area contributed by atoms with Crippen LogP contribution in [0.3, 0.4) is 0 Å². The molecule has 4 heteroatoms. The maximum Gasteiger partial charge on any atom is 0.250 e. The van der Waals surface area contributed by atoms with Gasteiger partial charge in [-0.3, -0.25) is 4.79 Å². The van der Waals surface area contributed by atoms with Crippen molar-refractivity contribution in [3.05, 3.63) is 28.7 Å². The van der Waals surface area contributed by atoms with Crippen molar-refractivity contribution >= 4 is 5.69 Å². The predicted octanol–water partition coefficient (Wildman–Crippen LogP) is 3.26. The molecule has 118 valence electrons. The van der Waals surface area contributed by atoms with Crippen LogP contribution in [-0.2, 0) is 11.3 Å². The summed E-state index contributed by atoms with van der Waals surface area (Å²) in [5, 5.41) is 3.59. The van der Waals surface area contributed by atoms with E-state index < -0.39 is 0 Å². The molecule has 0 aromatic carbocycles. The molecule has 21 heavy (non-hydrogen) atoms. The third-order valence-corrected chi connectivity index (χ3v) is 4.90. The smallest absolute Gasteiger partial charge is 0.250 e. The van der Waals surface area contributed by atoms with Gasteiger partial charge in [-0.2, -0.15) is 0 Å². The highest BCUT2D eigenvalue weighted by Gasteiger charge is 2.51. The van der Waals surface area contributed by atoms with Gasteiger partial charge in [0.15, 0.2) is 0 Å². The molecule has 0 saturated heterocycles. The van der Waals surface area contributed by atoms with Gasteiger partial charge in [-0.25, -0.2) is 0 Å². The van der Waals surface area contributed by atoms with E-state index in [9.17, 15) is 4.79 Å². The van der Waals surface area contributed by atoms with Gasteiger partial charge in [-0.15, -0.1) is 0 Å². The molecule has 2 rings (SSSR count). The van der Waals surface area contributed by atoms with Gasteiger partial charge >= 0.3 is 0 Å². The van der Waals surface area contributed by atoms with Crippen molar-refractivity contribution in [3.63, 3.8) is 0 Å². The maximum absolute atomic E-state index is 11.8. The Balaban J connectivity index is 2.09. The molecule has 3 unspecified atom stereocenters. The number of hydrogen-bond donors (Lipinski definition) is 1. The number of nitrogens with one attached hydrogen (secondary N) is 1. The summed E-state index contributed by atoms with van der Waals surface area (Å²) in [6.07, 6.45) is 5.36. The number of nitrogens with zero attached hydrogens (tertiary/aromatic N) is 1. The van der Waals surface area contributed by atoms with Gasteiger partial charge in [-0.05, 0) is 32.3 Å². The second-order valence-electron chi connectivity index (χ2n) is 6.19. The molecule has 3 atom stereocenters. The van der Waals surface area contributed by atoms with E-state index >= 15 is 0 Å². The van der Waals surface area contributed by atoms with Crippen LogP contribution in [0.4, 0.5) is 5.69 Å². The predicted molar refractivity (Wildman–Crippen MR) is 86.8 cm³/mol. The van der Waals surface area contributed by atoms with Crippen LogP contribution in [-0.4, -0.2) is 23.3 Å². The largest absolute Gasteiger partial charge is 0.380 e. The van der Waals surface area contributed by atoms with E-state index in [0.29, 0.717) is 12.1 Å². The van der Waals surface area contributed by atoms with E-state index in [-0.39, 0.29) is 11.0 Å². The van der Waals surface area contributed by atoms with Gasteiger partial charge in [-0.1, -0.05) is 20.8 Å². The molecular weight excluding hydrogens is 264 g/mol. The third kappa shape index (κ3) is 3.15. The highest BCUT2D eigenvalue weighted by atomic mass is 16.5. The zero-order valence-electron chi connectivity index (χ0n) is 13.7. The van der Waals surface area contributed by atoms with E-state index in [1.54, 1.807) is 10.6 Å². The van der Waals surface area contributed by atoms with Gasteiger partial charge in [0.05, 0.1) is 11.8 Å². The van der Waals surface area contributed by atoms with Gasteiger partial charge in [0, 0.05) is 36.9 Å². The lowest BCUT2D eigenvalue weighted by molar-refractivity contribution is -0.109. The lowest BCUT2D eigenvalue weighted by Crippen LogP contribution is -2.59. The first-order valence-corrected chi connectivity index (χ1v) is 8.13. The summed E-state index contributed by atoms with van der Waals surface area (Å²) in [5.74, 6) is 0. The van der Waals surface area contributed by atoms with Gasteiger partial charge < -0.3 is 14.6 Å². The number of aryl methyl sites for hydroxylation is 1. The molecular formula is C17H28N2O2. The van der Waals surface area contributed by atoms with Crippen LogP contribution in [0.5, 0.6) is 0 Å². The Morgan fingerprint density at radius 1 is 1.38 bits per heavy atom. The lowest BCUT2D eigenvalue weighted by Gasteiger charge is -2.53. The third-order valence-electron chi connectivity index (χ3n) is 4.90. The van der Waals surface area contributed by atoms with Gasteiger partial charge in [0.2, 0.25) is 0 Å². The van der Waals surface area contributed by atoms with Gasteiger partial charge in [0.1, 0.15) is 0 Å². The number of anilines is 1. The highest BCUT2D eigenvalue weighted by molar-refractivity contribution is 5.43. The molecule has 1 N–H and O–H groups in total. The van der Waals surface area contributed by atoms with E-state index in [2.05, 4.69) is 33.0 Å². The lowest BCUT2D eigenvalue weighted by atomic mass is 9.61. The molecule has 1 aromatic rings. The normalized spacial score (nSPS) is 28.2. The topological polar surface area (TPSA) is 43.3 Å². The Morgan fingerprint density at radius 3 is 2.76 bits per heavy atom. The molecule has 0 amide bonds. The number of aromatic nitrogens is 1. The Hall–Kier alpha value is -1.29. The average molecular weight is 292 g/mol. The van der Waals surface area contributed by atoms with Crippen molar-refractivity contribution in [1.82, 2.24) is 4.57 Å². The summed E-state index contributed by atoms with van der Waals surface area (Å²) in [4.78, 5) is 11.8. The molecule has 0 bridgehead atoms. The maximum atomic E-state index is 11.8. The summed E-state index contributed by atoms with van der Waals surface area (Å²) < 4.78 is 7.62. The standard InChI is InChI=1S/C17H28N2O2/c1-5-10-19-12-13(8-9-16(19)20)18-14-11-15(21-7-3)17(14,4)6-2/h8-9,12,14-15,18H,5-7,10-11H2,1-4H3. The molecule has 1 aliphatic rings. The van der Waals surface area contributed by atoms with Crippen molar-refractivity contribution < 1.29 is 4.74 Å². The van der Waals surface area contributed by atoms with Crippen LogP contribution < -0.4 is 10.9 Å². The zero-order chi connectivity index (χ0) is 15.5. The van der Waals surface area contributed by atoms with E-state index in [1.165, 1.54) is 0 Å². The van der Waals surface area contributed by atoms with Crippen LogP contribution in [0.2, 0.25) is 0 Å². The first-order valence-electron chi connectivity index (χ1n) is 8.13. The number of pyridine rings is 1. The first-order chi connectivity index (χ1) is 10.0. The fourth-order valence-corrected chi connectivity index (χ4v) is 3.21. The highest BCUT2D eigenvalue weighted by Crippen LogP contribution is 2.47. The summed E-state index contributed by atoms with van der Waals surface area (Å²) in [6.45, 7) is 10.2. The molecule has 1 aliphatic carbocycles. The molecule has 1 aromatic heterocycles. The fourth-order valence-electron chi connectivity index (χ4n) is 3.21. The van der Waals surface area contributed by atoms with Crippen LogP contribution in [0.25, 0.3) is 0 Å². The zero-order valence-corrected chi connectivity index (χ0v) is 13.7. The second-order valence-corrected chi connectivity index (χ2v) is 6.19. The van der Waals surface area contributed by atoms with Crippen LogP contribution in [0.15, 0.2) is 23.1 Å². The Kier molecular flexibility index (Phi) is 5.09. The fraction of sp³-hybridized carbons (Fsp3) is 0.706. The minimum Gasteiger partial charge on any atom is -0.380 e. The SMILES string of the molecule is CCCn1cc(NC2CC(OCC)C2(C)CC)ccc1=O. The van der Waals surface area contributed by atoms with E-state index in [4.69, 9.17) is 4.74 Å². The summed E-state index contributed by atoms with van der Waals surface area (Å²) >= 11 is 0. The molecule has 1 saturated carbocycles. The Labute approximate surface area is 127 Å². The molecule has 0 spiro atoms. The minimum atomic E-state index is 0.0708.